The number of hydrogen-bond acceptors (Lipinski definition) is 3. The Morgan fingerprint density at radius 3 is 1.64 bits per heavy atom. The zero-order chi connectivity index (χ0) is 32.8. The molecule has 0 N–H and O–H groups in total. The first-order valence-electron chi connectivity index (χ1n) is 17.1. The van der Waals surface area contributed by atoms with Crippen molar-refractivity contribution in [1.82, 2.24) is 9.97 Å². The average Bonchev–Trinajstić information content (AvgIpc) is 3.82. The van der Waals surface area contributed by atoms with Crippen LogP contribution in [0.25, 0.3) is 78.1 Å². The van der Waals surface area contributed by atoms with Gasteiger partial charge in [-0.1, -0.05) is 146 Å². The van der Waals surface area contributed by atoms with E-state index in [1.807, 2.05) is 24.3 Å². The molecule has 0 saturated carbocycles. The van der Waals surface area contributed by atoms with Crippen LogP contribution < -0.4 is 0 Å². The second-order valence-electron chi connectivity index (χ2n) is 13.3. The zero-order valence-corrected chi connectivity index (χ0v) is 27.0. The molecule has 3 heteroatoms. The van der Waals surface area contributed by atoms with E-state index in [0.717, 1.165) is 50.0 Å². The van der Waals surface area contributed by atoms with Crippen LogP contribution in [0, 0.1) is 0 Å². The van der Waals surface area contributed by atoms with Crippen LogP contribution in [0.1, 0.15) is 22.3 Å². The summed E-state index contributed by atoms with van der Waals surface area (Å²) in [7, 11) is 0. The summed E-state index contributed by atoms with van der Waals surface area (Å²) in [5, 5.41) is 2.15. The summed E-state index contributed by atoms with van der Waals surface area (Å²) >= 11 is 0. The predicted molar refractivity (Wildman–Crippen MR) is 202 cm³/mol. The Morgan fingerprint density at radius 2 is 0.920 bits per heavy atom. The van der Waals surface area contributed by atoms with E-state index in [1.165, 1.54) is 44.5 Å². The van der Waals surface area contributed by atoms with Crippen LogP contribution in [0.15, 0.2) is 174 Å². The lowest BCUT2D eigenvalue weighted by atomic mass is 9.70. The first-order valence-corrected chi connectivity index (χ1v) is 17.1. The fraction of sp³-hybridized carbons (Fsp3) is 0.0213. The van der Waals surface area contributed by atoms with Crippen LogP contribution in [-0.4, -0.2) is 9.97 Å². The number of hydrogen-bond donors (Lipinski definition) is 0. The molecule has 1 spiro atoms. The van der Waals surface area contributed by atoms with Crippen molar-refractivity contribution in [2.75, 3.05) is 0 Å². The van der Waals surface area contributed by atoms with Crippen LogP contribution in [-0.2, 0) is 5.41 Å². The Kier molecular flexibility index (Phi) is 5.59. The maximum Gasteiger partial charge on any atom is 0.164 e. The van der Waals surface area contributed by atoms with E-state index in [1.54, 1.807) is 0 Å². The van der Waals surface area contributed by atoms with Gasteiger partial charge in [0.25, 0.3) is 0 Å². The Morgan fingerprint density at radius 1 is 0.380 bits per heavy atom. The van der Waals surface area contributed by atoms with E-state index in [4.69, 9.17) is 14.4 Å². The lowest BCUT2D eigenvalue weighted by Crippen LogP contribution is -2.25. The number of furan rings is 1. The van der Waals surface area contributed by atoms with Gasteiger partial charge in [0.2, 0.25) is 0 Å². The Hall–Kier alpha value is -6.58. The molecule has 50 heavy (non-hydrogen) atoms. The van der Waals surface area contributed by atoms with Gasteiger partial charge >= 0.3 is 0 Å². The van der Waals surface area contributed by atoms with Gasteiger partial charge in [0.1, 0.15) is 11.2 Å². The summed E-state index contributed by atoms with van der Waals surface area (Å²) < 4.78 is 6.46. The highest BCUT2D eigenvalue weighted by Crippen LogP contribution is 2.62. The molecule has 3 nitrogen and oxygen atoms in total. The predicted octanol–water partition coefficient (Wildman–Crippen LogP) is 11.7. The van der Waals surface area contributed by atoms with E-state index >= 15 is 0 Å². The molecule has 11 rings (SSSR count). The minimum Gasteiger partial charge on any atom is -0.455 e. The summed E-state index contributed by atoms with van der Waals surface area (Å²) in [6.07, 6.45) is 0. The zero-order valence-electron chi connectivity index (χ0n) is 27.0. The van der Waals surface area contributed by atoms with Crippen molar-refractivity contribution in [3.05, 3.63) is 192 Å². The topological polar surface area (TPSA) is 38.9 Å². The molecule has 0 fully saturated rings. The van der Waals surface area contributed by atoms with E-state index in [2.05, 4.69) is 146 Å². The smallest absolute Gasteiger partial charge is 0.164 e. The summed E-state index contributed by atoms with van der Waals surface area (Å²) in [6.45, 7) is 0. The van der Waals surface area contributed by atoms with Gasteiger partial charge in [0.15, 0.2) is 5.82 Å². The fourth-order valence-corrected chi connectivity index (χ4v) is 8.65. The van der Waals surface area contributed by atoms with Crippen molar-refractivity contribution in [2.24, 2.45) is 0 Å². The SMILES string of the molecule is c1ccc(-c2cc(-c3ccc4c(c3)-c3ccccc3C43c4ccccc4-c4ccccc43)nc(-c3cccc4c3oc3ccccc34)n2)cc1. The quantitative estimate of drug-likeness (QED) is 0.194. The van der Waals surface area contributed by atoms with Crippen molar-refractivity contribution >= 4 is 21.9 Å². The fourth-order valence-electron chi connectivity index (χ4n) is 8.65. The van der Waals surface area contributed by atoms with Crippen LogP contribution in [0.5, 0.6) is 0 Å². The molecular weight excluding hydrogens is 609 g/mol. The highest BCUT2D eigenvalue weighted by molar-refractivity contribution is 6.09. The maximum absolute atomic E-state index is 6.46. The monoisotopic (exact) mass is 636 g/mol. The molecule has 2 aliphatic rings. The lowest BCUT2D eigenvalue weighted by Gasteiger charge is -2.30. The van der Waals surface area contributed by atoms with Crippen molar-refractivity contribution in [1.29, 1.82) is 0 Å². The van der Waals surface area contributed by atoms with Gasteiger partial charge in [-0.3, -0.25) is 0 Å². The van der Waals surface area contributed by atoms with Crippen molar-refractivity contribution in [2.45, 2.75) is 5.41 Å². The molecule has 0 radical (unpaired) electrons. The molecule has 0 unspecified atom stereocenters. The molecule has 232 valence electrons. The Balaban J connectivity index is 1.16. The number of para-hydroxylation sites is 2. The largest absolute Gasteiger partial charge is 0.455 e. The third-order valence-electron chi connectivity index (χ3n) is 10.7. The Bertz CT molecular complexity index is 2780. The molecule has 2 aliphatic carbocycles. The molecular formula is C47H28N2O. The van der Waals surface area contributed by atoms with Gasteiger partial charge in [-0.2, -0.15) is 0 Å². The summed E-state index contributed by atoms with van der Waals surface area (Å²) in [5.74, 6) is 0.641. The lowest BCUT2D eigenvalue weighted by molar-refractivity contribution is 0.669. The van der Waals surface area contributed by atoms with Gasteiger partial charge in [0.05, 0.1) is 22.4 Å². The maximum atomic E-state index is 6.46. The van der Waals surface area contributed by atoms with Crippen LogP contribution in [0.4, 0.5) is 0 Å². The first-order chi connectivity index (χ1) is 24.8. The van der Waals surface area contributed by atoms with Gasteiger partial charge < -0.3 is 4.42 Å². The number of benzene rings is 7. The van der Waals surface area contributed by atoms with E-state index in [9.17, 15) is 0 Å². The van der Waals surface area contributed by atoms with Crippen molar-refractivity contribution < 1.29 is 4.42 Å². The minimum absolute atomic E-state index is 0.374. The number of nitrogens with zero attached hydrogens (tertiary/aromatic N) is 2. The second-order valence-corrected chi connectivity index (χ2v) is 13.3. The second kappa shape index (κ2) is 10.2. The standard InChI is InChI=1S/C47H28N2O/c1-2-13-29(14-3-1)42-28-43(49-46(48-42)36-20-12-19-35-34-18-7-11-24-44(34)50-45(35)36)30-25-26-41-37(27-30)33-17-6-10-23-40(33)47(41)38-21-8-4-15-31(38)32-16-5-9-22-39(32)47/h1-28H. The molecule has 2 heterocycles. The van der Waals surface area contributed by atoms with Gasteiger partial charge in [0, 0.05) is 21.9 Å². The minimum atomic E-state index is -0.374. The van der Waals surface area contributed by atoms with Crippen LogP contribution >= 0.6 is 0 Å². The van der Waals surface area contributed by atoms with Crippen molar-refractivity contribution in [3.8, 4) is 56.2 Å². The van der Waals surface area contributed by atoms with Gasteiger partial charge in [-0.05, 0) is 68.8 Å². The molecule has 2 aromatic heterocycles. The van der Waals surface area contributed by atoms with E-state index < -0.39 is 0 Å². The molecule has 9 aromatic rings. The Labute approximate surface area is 289 Å². The third kappa shape index (κ3) is 3.64. The number of aromatic nitrogens is 2. The average molecular weight is 637 g/mol. The highest BCUT2D eigenvalue weighted by Gasteiger charge is 2.51. The van der Waals surface area contributed by atoms with Crippen LogP contribution in [0.3, 0.4) is 0 Å². The van der Waals surface area contributed by atoms with Gasteiger partial charge in [-0.15, -0.1) is 0 Å². The molecule has 0 atom stereocenters. The molecule has 0 bridgehead atoms. The molecule has 0 aliphatic heterocycles. The highest BCUT2D eigenvalue weighted by atomic mass is 16.3. The first kappa shape index (κ1) is 27.4. The van der Waals surface area contributed by atoms with E-state index in [-0.39, 0.29) is 5.41 Å². The number of fused-ring (bicyclic) bond motifs is 13. The molecule has 0 saturated heterocycles. The third-order valence-corrected chi connectivity index (χ3v) is 10.7. The molecule has 0 amide bonds. The normalized spacial score (nSPS) is 13.4. The van der Waals surface area contributed by atoms with Crippen LogP contribution in [0.2, 0.25) is 0 Å². The molecule has 7 aromatic carbocycles. The number of rotatable bonds is 3. The summed E-state index contributed by atoms with van der Waals surface area (Å²) in [5.41, 5.74) is 16.4. The van der Waals surface area contributed by atoms with Crippen molar-refractivity contribution in [3.63, 3.8) is 0 Å². The summed E-state index contributed by atoms with van der Waals surface area (Å²) in [6, 6.07) is 60.6. The van der Waals surface area contributed by atoms with Gasteiger partial charge in [-0.25, -0.2) is 9.97 Å². The van der Waals surface area contributed by atoms with E-state index in [0.29, 0.717) is 5.82 Å². The summed E-state index contributed by atoms with van der Waals surface area (Å²) in [4.78, 5) is 10.5.